The summed E-state index contributed by atoms with van der Waals surface area (Å²) in [7, 11) is 0. The van der Waals surface area contributed by atoms with Crippen LogP contribution in [0.4, 0.5) is 5.69 Å². The molecule has 86 valence electrons. The first-order chi connectivity index (χ1) is 8.15. The molecule has 17 heavy (non-hydrogen) atoms. The van der Waals surface area contributed by atoms with Gasteiger partial charge in [-0.2, -0.15) is 0 Å². The highest BCUT2D eigenvalue weighted by Gasteiger charge is 1.97. The maximum Gasteiger partial charge on any atom is 0.0630 e. The molecule has 0 saturated carbocycles. The fourth-order valence-electron chi connectivity index (χ4n) is 1.27. The summed E-state index contributed by atoms with van der Waals surface area (Å²) < 4.78 is 0. The maximum atomic E-state index is 5.91. The second-order valence-corrected chi connectivity index (χ2v) is 4.66. The minimum Gasteiger partial charge on any atom is -0.256 e. The molecule has 4 heteroatoms. The lowest BCUT2D eigenvalue weighted by Crippen LogP contribution is -1.80. The quantitative estimate of drug-likeness (QED) is 0.655. The molecule has 0 fully saturated rings. The highest BCUT2D eigenvalue weighted by Crippen LogP contribution is 2.22. The number of rotatable bonds is 2. The SMILES string of the molecule is Clc1ccc(N=Cc2ccc(Cl)c(Cl)c2)cc1. The van der Waals surface area contributed by atoms with Crippen LogP contribution < -0.4 is 0 Å². The van der Waals surface area contributed by atoms with Crippen molar-refractivity contribution in [2.75, 3.05) is 0 Å². The summed E-state index contributed by atoms with van der Waals surface area (Å²) in [6.45, 7) is 0. The lowest BCUT2D eigenvalue weighted by molar-refractivity contribution is 1.52. The van der Waals surface area contributed by atoms with Crippen molar-refractivity contribution in [2.45, 2.75) is 0 Å². The fraction of sp³-hybridized carbons (Fsp3) is 0. The lowest BCUT2D eigenvalue weighted by atomic mass is 10.2. The summed E-state index contributed by atoms with van der Waals surface area (Å²) >= 11 is 17.5. The van der Waals surface area contributed by atoms with Gasteiger partial charge in [-0.15, -0.1) is 0 Å². The van der Waals surface area contributed by atoms with E-state index in [-0.39, 0.29) is 0 Å². The lowest BCUT2D eigenvalue weighted by Gasteiger charge is -1.97. The average Bonchev–Trinajstić information content (AvgIpc) is 2.33. The molecule has 2 rings (SSSR count). The first-order valence-corrected chi connectivity index (χ1v) is 6.03. The molecule has 0 bridgehead atoms. The zero-order valence-corrected chi connectivity index (χ0v) is 11.0. The van der Waals surface area contributed by atoms with E-state index in [0.29, 0.717) is 15.1 Å². The van der Waals surface area contributed by atoms with Crippen molar-refractivity contribution in [3.8, 4) is 0 Å². The minimum absolute atomic E-state index is 0.520. The van der Waals surface area contributed by atoms with Crippen molar-refractivity contribution in [1.82, 2.24) is 0 Å². The molecule has 0 heterocycles. The van der Waals surface area contributed by atoms with Gasteiger partial charge in [0.1, 0.15) is 0 Å². The van der Waals surface area contributed by atoms with Crippen LogP contribution in [0.2, 0.25) is 15.1 Å². The minimum atomic E-state index is 0.520. The third kappa shape index (κ3) is 3.47. The van der Waals surface area contributed by atoms with E-state index in [1.165, 1.54) is 0 Å². The molecular formula is C13H8Cl3N. The zero-order chi connectivity index (χ0) is 12.3. The van der Waals surface area contributed by atoms with E-state index in [9.17, 15) is 0 Å². The largest absolute Gasteiger partial charge is 0.256 e. The van der Waals surface area contributed by atoms with E-state index >= 15 is 0 Å². The van der Waals surface area contributed by atoms with E-state index in [1.54, 1.807) is 30.5 Å². The number of hydrogen-bond donors (Lipinski definition) is 0. The molecule has 0 amide bonds. The van der Waals surface area contributed by atoms with Gasteiger partial charge < -0.3 is 0 Å². The number of nitrogens with zero attached hydrogens (tertiary/aromatic N) is 1. The maximum absolute atomic E-state index is 5.91. The van der Waals surface area contributed by atoms with Gasteiger partial charge in [-0.05, 0) is 42.0 Å². The summed E-state index contributed by atoms with van der Waals surface area (Å²) in [6.07, 6.45) is 1.73. The summed E-state index contributed by atoms with van der Waals surface area (Å²) in [5.74, 6) is 0. The first-order valence-electron chi connectivity index (χ1n) is 4.90. The van der Waals surface area contributed by atoms with Gasteiger partial charge in [0.2, 0.25) is 0 Å². The Labute approximate surface area is 115 Å². The Morgan fingerprint density at radius 3 is 2.18 bits per heavy atom. The fourth-order valence-corrected chi connectivity index (χ4v) is 1.70. The molecule has 0 aliphatic heterocycles. The Kier molecular flexibility index (Phi) is 4.06. The standard InChI is InChI=1S/C13H8Cl3N/c14-10-2-4-11(5-3-10)17-8-9-1-6-12(15)13(16)7-9/h1-8H. The molecule has 1 nitrogen and oxygen atoms in total. The van der Waals surface area contributed by atoms with Crippen molar-refractivity contribution < 1.29 is 0 Å². The third-order valence-electron chi connectivity index (χ3n) is 2.13. The second-order valence-electron chi connectivity index (χ2n) is 3.41. The highest BCUT2D eigenvalue weighted by atomic mass is 35.5. The topological polar surface area (TPSA) is 12.4 Å². The summed E-state index contributed by atoms with van der Waals surface area (Å²) in [6, 6.07) is 12.6. The van der Waals surface area contributed by atoms with Gasteiger partial charge in [0.05, 0.1) is 15.7 Å². The number of aliphatic imine (C=N–C) groups is 1. The Balaban J connectivity index is 2.20. The number of halogens is 3. The van der Waals surface area contributed by atoms with Crippen LogP contribution in [0.5, 0.6) is 0 Å². The van der Waals surface area contributed by atoms with Crippen molar-refractivity contribution >= 4 is 46.7 Å². The van der Waals surface area contributed by atoms with E-state index in [4.69, 9.17) is 34.8 Å². The van der Waals surface area contributed by atoms with E-state index in [2.05, 4.69) is 4.99 Å². The third-order valence-corrected chi connectivity index (χ3v) is 3.12. The van der Waals surface area contributed by atoms with Gasteiger partial charge >= 0.3 is 0 Å². The van der Waals surface area contributed by atoms with E-state index in [0.717, 1.165) is 11.3 Å². The van der Waals surface area contributed by atoms with Gasteiger partial charge in [-0.25, -0.2) is 0 Å². The molecule has 0 saturated heterocycles. The van der Waals surface area contributed by atoms with Gasteiger partial charge in [0.15, 0.2) is 0 Å². The molecule has 0 aliphatic carbocycles. The van der Waals surface area contributed by atoms with Crippen molar-refractivity contribution in [2.24, 2.45) is 4.99 Å². The van der Waals surface area contributed by atoms with Crippen molar-refractivity contribution in [3.05, 3.63) is 63.1 Å². The van der Waals surface area contributed by atoms with E-state index < -0.39 is 0 Å². The second kappa shape index (κ2) is 5.54. The Morgan fingerprint density at radius 2 is 1.53 bits per heavy atom. The Hall–Kier alpha value is -1.02. The van der Waals surface area contributed by atoms with Gasteiger partial charge in [-0.1, -0.05) is 40.9 Å². The van der Waals surface area contributed by atoms with Crippen molar-refractivity contribution in [3.63, 3.8) is 0 Å². The predicted octanol–water partition coefficient (Wildman–Crippen LogP) is 5.40. The Morgan fingerprint density at radius 1 is 0.824 bits per heavy atom. The molecule has 2 aromatic carbocycles. The summed E-state index contributed by atoms with van der Waals surface area (Å²) in [4.78, 5) is 4.30. The molecule has 0 atom stereocenters. The normalized spacial score (nSPS) is 11.0. The van der Waals surface area contributed by atoms with Gasteiger partial charge in [0.25, 0.3) is 0 Å². The molecule has 0 aromatic heterocycles. The van der Waals surface area contributed by atoms with Crippen LogP contribution in [0.1, 0.15) is 5.56 Å². The Bertz CT molecular complexity index is 547. The molecule has 0 unspecified atom stereocenters. The predicted molar refractivity (Wildman–Crippen MR) is 75.2 cm³/mol. The highest BCUT2D eigenvalue weighted by molar-refractivity contribution is 6.42. The van der Waals surface area contributed by atoms with Crippen LogP contribution in [0, 0.1) is 0 Å². The smallest absolute Gasteiger partial charge is 0.0630 e. The van der Waals surface area contributed by atoms with Gasteiger partial charge in [-0.3, -0.25) is 4.99 Å². The number of benzene rings is 2. The van der Waals surface area contributed by atoms with Crippen LogP contribution >= 0.6 is 34.8 Å². The van der Waals surface area contributed by atoms with E-state index in [1.807, 2.05) is 18.2 Å². The zero-order valence-electron chi connectivity index (χ0n) is 8.70. The van der Waals surface area contributed by atoms with Gasteiger partial charge in [0, 0.05) is 11.2 Å². The van der Waals surface area contributed by atoms with Crippen LogP contribution in [0.3, 0.4) is 0 Å². The molecule has 2 aromatic rings. The molecule has 0 aliphatic rings. The molecule has 0 radical (unpaired) electrons. The van der Waals surface area contributed by atoms with Crippen molar-refractivity contribution in [1.29, 1.82) is 0 Å². The van der Waals surface area contributed by atoms with Crippen LogP contribution in [-0.2, 0) is 0 Å². The van der Waals surface area contributed by atoms with Crippen LogP contribution in [0.15, 0.2) is 47.5 Å². The van der Waals surface area contributed by atoms with Crippen LogP contribution in [0.25, 0.3) is 0 Å². The summed E-state index contributed by atoms with van der Waals surface area (Å²) in [5.41, 5.74) is 1.73. The number of hydrogen-bond acceptors (Lipinski definition) is 1. The summed E-state index contributed by atoms with van der Waals surface area (Å²) in [5, 5.41) is 1.75. The molecule has 0 spiro atoms. The molecule has 0 N–H and O–H groups in total. The molecular weight excluding hydrogens is 277 g/mol. The van der Waals surface area contributed by atoms with Crippen LogP contribution in [-0.4, -0.2) is 6.21 Å². The first kappa shape index (κ1) is 12.4. The average molecular weight is 285 g/mol. The monoisotopic (exact) mass is 283 g/mol.